The van der Waals surface area contributed by atoms with E-state index in [0.29, 0.717) is 91.8 Å². The van der Waals surface area contributed by atoms with Crippen molar-refractivity contribution in [3.8, 4) is 17.2 Å². The predicted octanol–water partition coefficient (Wildman–Crippen LogP) is 13.5. The molecule has 6 aromatic carbocycles. The van der Waals surface area contributed by atoms with E-state index in [4.69, 9.17) is 10.5 Å². The summed E-state index contributed by atoms with van der Waals surface area (Å²) in [5, 5.41) is 58.0. The number of primary amides is 1. The number of carbonyl (C=O) groups excluding carboxylic acids is 5. The number of hydrogen-bond donors (Lipinski definition) is 7. The van der Waals surface area contributed by atoms with E-state index in [9.17, 15) is 70.8 Å². The van der Waals surface area contributed by atoms with Crippen molar-refractivity contribution in [3.63, 3.8) is 0 Å². The molecule has 524 valence electrons. The number of phenolic OH excluding ortho intramolecular Hbond substituents is 3. The van der Waals surface area contributed by atoms with E-state index in [-0.39, 0.29) is 83.5 Å². The summed E-state index contributed by atoms with van der Waals surface area (Å²) in [6.07, 6.45) is 11.7. The number of nitrogens with two attached hydrogens (primary N) is 1. The Kier molecular flexibility index (Phi) is 25.3. The number of allylic oxidation sites excluding steroid dienone is 3. The van der Waals surface area contributed by atoms with Gasteiger partial charge in [-0.15, -0.1) is 34.0 Å². The number of carboxylic acids is 1. The van der Waals surface area contributed by atoms with E-state index < -0.39 is 33.3 Å². The number of ether oxygens (including phenoxy) is 2. The van der Waals surface area contributed by atoms with Gasteiger partial charge in [-0.3, -0.25) is 14.4 Å². The molecule has 0 radical (unpaired) electrons. The molecule has 3 aliphatic rings. The number of nitrogens with one attached hydrogen (secondary N) is 2. The van der Waals surface area contributed by atoms with E-state index in [2.05, 4.69) is 34.5 Å². The third kappa shape index (κ3) is 20.3. The van der Waals surface area contributed by atoms with Crippen LogP contribution in [-0.4, -0.2) is 99.2 Å². The van der Waals surface area contributed by atoms with Gasteiger partial charge in [-0.05, 0) is 156 Å². The van der Waals surface area contributed by atoms with Crippen LogP contribution in [-0.2, 0) is 71.8 Å². The lowest BCUT2D eigenvalue weighted by atomic mass is 9.87. The van der Waals surface area contributed by atoms with Crippen molar-refractivity contribution in [2.24, 2.45) is 5.73 Å². The monoisotopic (exact) mass is 1440 g/mol. The Morgan fingerprint density at radius 2 is 0.870 bits per heavy atom. The maximum absolute atomic E-state index is 12.7. The molecule has 0 spiro atoms. The van der Waals surface area contributed by atoms with Gasteiger partial charge in [-0.1, -0.05) is 72.8 Å². The standard InChI is InChI=1S/C24H24N2O4S.C23H22N2O4S.C13H13NO2.C12H12F3NO5S2/c1-30-24(29)20-8-6-18(23-25-10-11-31-23)14-21(20)26-22(28)9-3-15-2-4-17-13-19(27)7-5-16(17)12-15;26-18-6-4-15-11-14(1-3-16(15)12-18)2-8-21(27)25-20-13-17(22-24-9-10-30-22)5-7-19(20)23(28)29;14-13(16)6-2-9-1-3-11-8-12(15)5-4-10(11)7-9;1-20-11(17)8-3-2-7(10-16-4-5-22-10)6-9(8)21-23(18,19)12(13,14)15/h2,4-5,7,10-13,18,27H,3,6,8-9,14H2,1H3,(H,26,28);1,3-4,6,9-12,17,26H,2,5,7-8,13H2,(H,25,27)(H,28,29);1,3-5,7-8,15H,2,6H2,(H2,14,16);4-5,7H,2-3,6H2,1H3. The lowest BCUT2D eigenvalue weighted by molar-refractivity contribution is -0.137. The Hall–Kier alpha value is -10.0. The van der Waals surface area contributed by atoms with Gasteiger partial charge in [0.15, 0.2) is 0 Å². The molecule has 3 unspecified atom stereocenters. The maximum Gasteiger partial charge on any atom is 0.534 e. The second-order valence-corrected chi connectivity index (χ2v) is 28.0. The molecule has 3 aliphatic carbocycles. The number of esters is 2. The zero-order valence-electron chi connectivity index (χ0n) is 54.2. The number of halogens is 3. The first-order valence-corrected chi connectivity index (χ1v) is 35.7. The quantitative estimate of drug-likeness (QED) is 0.0225. The molecule has 21 nitrogen and oxygen atoms in total. The summed E-state index contributed by atoms with van der Waals surface area (Å²) in [4.78, 5) is 84.3. The molecule has 3 amide bonds. The highest BCUT2D eigenvalue weighted by Crippen LogP contribution is 2.42. The molecule has 0 saturated carbocycles. The van der Waals surface area contributed by atoms with Crippen molar-refractivity contribution in [1.82, 2.24) is 25.6 Å². The number of aryl methyl sites for hydroxylation is 3. The smallest absolute Gasteiger partial charge is 0.508 e. The van der Waals surface area contributed by atoms with Crippen LogP contribution in [0.25, 0.3) is 32.3 Å². The van der Waals surface area contributed by atoms with Gasteiger partial charge in [-0.2, -0.15) is 21.6 Å². The number of hydrogen-bond acceptors (Lipinski definition) is 20. The average Bonchev–Trinajstić information content (AvgIpc) is 1.11. The minimum Gasteiger partial charge on any atom is -0.508 e. The fourth-order valence-corrected chi connectivity index (χ4v) is 14.6. The molecule has 9 aromatic rings. The fourth-order valence-electron chi connectivity index (χ4n) is 11.7. The Morgan fingerprint density at radius 1 is 0.520 bits per heavy atom. The molecule has 100 heavy (non-hydrogen) atoms. The van der Waals surface area contributed by atoms with Gasteiger partial charge in [0.05, 0.1) is 46.0 Å². The van der Waals surface area contributed by atoms with Crippen molar-refractivity contribution in [2.45, 2.75) is 120 Å². The number of carbonyl (C=O) groups is 6. The number of nitrogens with zero attached hydrogens (tertiary/aromatic N) is 3. The first kappa shape index (κ1) is 74.2. The minimum absolute atomic E-state index is 0.0413. The minimum atomic E-state index is -5.85. The first-order chi connectivity index (χ1) is 47.8. The Bertz CT molecular complexity index is 4660. The van der Waals surface area contributed by atoms with Gasteiger partial charge in [-0.25, -0.2) is 29.3 Å². The van der Waals surface area contributed by atoms with E-state index in [1.807, 2.05) is 83.6 Å². The summed E-state index contributed by atoms with van der Waals surface area (Å²) in [5.74, 6) is -2.66. The molecule has 28 heteroatoms. The van der Waals surface area contributed by atoms with Crippen LogP contribution in [0.1, 0.15) is 127 Å². The van der Waals surface area contributed by atoms with Gasteiger partial charge in [0.25, 0.3) is 0 Å². The third-order valence-corrected chi connectivity index (χ3v) is 20.6. The summed E-state index contributed by atoms with van der Waals surface area (Å²) in [6, 6.07) is 33.4. The SMILES string of the molecule is COC(=O)C1=C(NC(=O)CCc2ccc3cc(O)ccc3c2)CC(c2nccs2)CC1.COC(=O)C1=C(OS(=O)(=O)C(F)(F)F)CC(c2nccs2)CC1.NC(=O)CCc1ccc2cc(O)ccc2c1.O=C(CCc1ccc2cc(O)ccc2c1)NC1=C(C(=O)O)CCC(c2nccs2)C1. The van der Waals surface area contributed by atoms with Crippen LogP contribution < -0.4 is 16.4 Å². The highest BCUT2D eigenvalue weighted by molar-refractivity contribution is 7.87. The molecule has 0 fully saturated rings. The molecule has 12 rings (SSSR count). The molecular weight excluding hydrogens is 1370 g/mol. The normalized spacial score (nSPS) is 16.2. The zero-order chi connectivity index (χ0) is 71.7. The number of methoxy groups -OCH3 is 2. The lowest BCUT2D eigenvalue weighted by Gasteiger charge is -2.25. The van der Waals surface area contributed by atoms with Gasteiger partial charge in [0.2, 0.25) is 17.7 Å². The first-order valence-electron chi connectivity index (χ1n) is 31.6. The molecule has 3 aromatic heterocycles. The van der Waals surface area contributed by atoms with Gasteiger partial charge < -0.3 is 50.5 Å². The number of aromatic nitrogens is 3. The Labute approximate surface area is 585 Å². The van der Waals surface area contributed by atoms with Crippen molar-refractivity contribution in [2.75, 3.05) is 14.2 Å². The summed E-state index contributed by atoms with van der Waals surface area (Å²) in [7, 11) is -3.43. The summed E-state index contributed by atoms with van der Waals surface area (Å²) < 4.78 is 73.6. The van der Waals surface area contributed by atoms with E-state index in [1.165, 1.54) is 24.6 Å². The summed E-state index contributed by atoms with van der Waals surface area (Å²) in [6.45, 7) is 0. The maximum atomic E-state index is 12.7. The van der Waals surface area contributed by atoms with E-state index >= 15 is 0 Å². The van der Waals surface area contributed by atoms with Crippen molar-refractivity contribution in [3.05, 3.63) is 210 Å². The van der Waals surface area contributed by atoms with Crippen molar-refractivity contribution >= 4 is 112 Å². The summed E-state index contributed by atoms with van der Waals surface area (Å²) in [5.41, 5.74) is 4.46. The number of phenols is 3. The van der Waals surface area contributed by atoms with Crippen LogP contribution >= 0.6 is 34.0 Å². The van der Waals surface area contributed by atoms with Crippen LogP contribution in [0, 0.1) is 0 Å². The largest absolute Gasteiger partial charge is 0.534 e. The van der Waals surface area contributed by atoms with Crippen molar-refractivity contribution in [1.29, 1.82) is 0 Å². The molecule has 0 aliphatic heterocycles. The number of alkyl halides is 3. The number of aromatic hydroxyl groups is 3. The molecular formula is C72H71F3N6O15S4. The molecule has 0 saturated heterocycles. The lowest BCUT2D eigenvalue weighted by Crippen LogP contribution is -2.29. The molecule has 8 N–H and O–H groups in total. The Morgan fingerprint density at radius 3 is 1.24 bits per heavy atom. The number of thiazole rings is 3. The molecule has 3 heterocycles. The van der Waals surface area contributed by atoms with Crippen LogP contribution in [0.3, 0.4) is 0 Å². The van der Waals surface area contributed by atoms with Crippen LogP contribution in [0.2, 0.25) is 0 Å². The number of benzene rings is 6. The topological polar surface area (TPSA) is 334 Å². The fraction of sp³-hybridized carbons (Fsp3) is 0.292. The van der Waals surface area contributed by atoms with Gasteiger partial charge >= 0.3 is 33.5 Å². The third-order valence-electron chi connectivity index (χ3n) is 16.8. The van der Waals surface area contributed by atoms with E-state index in [1.54, 1.807) is 76.8 Å². The predicted molar refractivity (Wildman–Crippen MR) is 372 cm³/mol. The van der Waals surface area contributed by atoms with Gasteiger partial charge in [0.1, 0.15) is 23.0 Å². The Balaban J connectivity index is 0.000000160. The highest BCUT2D eigenvalue weighted by Gasteiger charge is 2.50. The van der Waals surface area contributed by atoms with E-state index in [0.717, 1.165) is 79.0 Å². The summed E-state index contributed by atoms with van der Waals surface area (Å²) >= 11 is 4.45. The number of carboxylic acid groups (broad SMARTS) is 1. The average molecular weight is 1450 g/mol. The molecule has 0 bridgehead atoms. The highest BCUT2D eigenvalue weighted by atomic mass is 32.2. The van der Waals surface area contributed by atoms with Crippen molar-refractivity contribution < 1.29 is 84.4 Å². The second-order valence-electron chi connectivity index (χ2n) is 23.7. The molecule has 3 atom stereocenters. The van der Waals surface area contributed by atoms with Crippen LogP contribution in [0.5, 0.6) is 17.2 Å². The van der Waals surface area contributed by atoms with Crippen LogP contribution in [0.15, 0.2) is 178 Å². The number of amides is 3. The van der Waals surface area contributed by atoms with Gasteiger partial charge in [0, 0.05) is 89.6 Å². The number of fused-ring (bicyclic) bond motifs is 3. The number of rotatable bonds is 19. The van der Waals surface area contributed by atoms with Crippen LogP contribution in [0.4, 0.5) is 13.2 Å². The zero-order valence-corrected chi connectivity index (χ0v) is 57.4. The second kappa shape index (κ2) is 34.2. The number of aliphatic carboxylic acids is 1.